The summed E-state index contributed by atoms with van der Waals surface area (Å²) in [6.45, 7) is 5.23. The maximum Gasteiger partial charge on any atom is 0.472 e. The number of ether oxygens (including phenoxy) is 2. The number of carbonyl (C=O) groups is 3. The van der Waals surface area contributed by atoms with Crippen molar-refractivity contribution in [1.82, 2.24) is 5.32 Å². The lowest BCUT2D eigenvalue weighted by Crippen LogP contribution is -2.30. The van der Waals surface area contributed by atoms with Gasteiger partial charge in [-0.05, 0) is 64.2 Å². The number of hydrogen-bond donors (Lipinski definition) is 2. The van der Waals surface area contributed by atoms with Crippen LogP contribution in [0.3, 0.4) is 0 Å². The van der Waals surface area contributed by atoms with E-state index in [2.05, 4.69) is 43.5 Å². The van der Waals surface area contributed by atoms with Crippen molar-refractivity contribution in [2.24, 2.45) is 0 Å². The molecular weight excluding hydrogens is 717 g/mol. The Morgan fingerprint density at radius 1 is 0.564 bits per heavy atom. The van der Waals surface area contributed by atoms with Gasteiger partial charge >= 0.3 is 19.8 Å². The molecule has 2 atom stereocenters. The Morgan fingerprint density at radius 2 is 0.982 bits per heavy atom. The van der Waals surface area contributed by atoms with Gasteiger partial charge in [0.15, 0.2) is 6.10 Å². The van der Waals surface area contributed by atoms with Crippen LogP contribution in [-0.4, -0.2) is 55.2 Å². The number of nitrogens with one attached hydrogen (secondary N) is 1. The van der Waals surface area contributed by atoms with Crippen molar-refractivity contribution in [2.75, 3.05) is 26.4 Å². The molecule has 0 aromatic rings. The zero-order valence-electron chi connectivity index (χ0n) is 35.4. The quantitative estimate of drug-likeness (QED) is 0.0268. The monoisotopic (exact) mass is 800 g/mol. The number of phosphoric ester groups is 1. The summed E-state index contributed by atoms with van der Waals surface area (Å²) in [5, 5.41) is 2.55. The summed E-state index contributed by atoms with van der Waals surface area (Å²) in [6, 6.07) is 0. The summed E-state index contributed by atoms with van der Waals surface area (Å²) in [4.78, 5) is 46.6. The summed E-state index contributed by atoms with van der Waals surface area (Å²) in [5.74, 6) is -1.10. The largest absolute Gasteiger partial charge is 0.472 e. The Balaban J connectivity index is 4.41. The molecule has 55 heavy (non-hydrogen) atoms. The highest BCUT2D eigenvalue weighted by molar-refractivity contribution is 7.47. The number of hydrogen-bond acceptors (Lipinski definition) is 8. The van der Waals surface area contributed by atoms with E-state index in [1.165, 1.54) is 89.9 Å². The van der Waals surface area contributed by atoms with Crippen LogP contribution in [0.4, 0.5) is 0 Å². The second-order valence-corrected chi connectivity index (χ2v) is 16.2. The van der Waals surface area contributed by atoms with Gasteiger partial charge in [-0.3, -0.25) is 23.4 Å². The van der Waals surface area contributed by atoms with Gasteiger partial charge < -0.3 is 19.7 Å². The van der Waals surface area contributed by atoms with Crippen LogP contribution in [-0.2, 0) is 37.5 Å². The highest BCUT2D eigenvalue weighted by Gasteiger charge is 2.26. The molecular formula is C44H82NO9P. The molecule has 2 unspecified atom stereocenters. The van der Waals surface area contributed by atoms with Crippen LogP contribution in [0.25, 0.3) is 0 Å². The molecule has 0 fully saturated rings. The van der Waals surface area contributed by atoms with Crippen LogP contribution < -0.4 is 5.32 Å². The minimum atomic E-state index is -4.50. The van der Waals surface area contributed by atoms with Crippen molar-refractivity contribution in [3.63, 3.8) is 0 Å². The average molecular weight is 800 g/mol. The number of phosphoric acid groups is 1. The lowest BCUT2D eigenvalue weighted by molar-refractivity contribution is -0.161. The molecule has 0 bridgehead atoms. The van der Waals surface area contributed by atoms with Crippen molar-refractivity contribution in [3.8, 4) is 0 Å². The van der Waals surface area contributed by atoms with Crippen LogP contribution in [0.15, 0.2) is 24.3 Å². The van der Waals surface area contributed by atoms with E-state index in [0.29, 0.717) is 12.8 Å². The Labute approximate surface area is 336 Å². The third-order valence-corrected chi connectivity index (χ3v) is 10.4. The number of carbonyl (C=O) groups excluding carboxylic acids is 3. The first-order valence-electron chi connectivity index (χ1n) is 22.3. The Kier molecular flexibility index (Phi) is 38.7. The fraction of sp³-hybridized carbons (Fsp3) is 0.841. The van der Waals surface area contributed by atoms with Gasteiger partial charge in [-0.1, -0.05) is 148 Å². The fourth-order valence-corrected chi connectivity index (χ4v) is 6.74. The van der Waals surface area contributed by atoms with Crippen molar-refractivity contribution in [3.05, 3.63) is 24.3 Å². The molecule has 0 radical (unpaired) electrons. The molecule has 10 nitrogen and oxygen atoms in total. The molecule has 0 heterocycles. The van der Waals surface area contributed by atoms with Crippen molar-refractivity contribution in [1.29, 1.82) is 0 Å². The molecule has 0 aliphatic heterocycles. The minimum Gasteiger partial charge on any atom is -0.462 e. The number of allylic oxidation sites excluding steroid dienone is 4. The van der Waals surface area contributed by atoms with Gasteiger partial charge in [-0.2, -0.15) is 0 Å². The van der Waals surface area contributed by atoms with Gasteiger partial charge in [0.1, 0.15) is 6.61 Å². The van der Waals surface area contributed by atoms with E-state index >= 15 is 0 Å². The van der Waals surface area contributed by atoms with Gasteiger partial charge in [0.05, 0.1) is 13.2 Å². The summed E-state index contributed by atoms with van der Waals surface area (Å²) in [5.41, 5.74) is 0. The second kappa shape index (κ2) is 40.2. The molecule has 0 aliphatic rings. The zero-order chi connectivity index (χ0) is 40.5. The van der Waals surface area contributed by atoms with E-state index in [-0.39, 0.29) is 44.9 Å². The molecule has 0 saturated carbocycles. The molecule has 2 N–H and O–H groups in total. The van der Waals surface area contributed by atoms with Crippen LogP contribution >= 0.6 is 7.82 Å². The van der Waals surface area contributed by atoms with E-state index in [9.17, 15) is 23.8 Å². The molecule has 1 amide bonds. The lowest BCUT2D eigenvalue weighted by Gasteiger charge is -2.20. The van der Waals surface area contributed by atoms with Crippen molar-refractivity contribution < 1.29 is 42.4 Å². The highest BCUT2D eigenvalue weighted by atomic mass is 31.2. The average Bonchev–Trinajstić information content (AvgIpc) is 3.17. The number of rotatable bonds is 41. The Bertz CT molecular complexity index is 1020. The van der Waals surface area contributed by atoms with Crippen LogP contribution in [0.5, 0.6) is 0 Å². The number of unbranched alkanes of at least 4 members (excludes halogenated alkanes) is 22. The topological polar surface area (TPSA) is 137 Å². The van der Waals surface area contributed by atoms with E-state index in [1.54, 1.807) is 6.92 Å². The van der Waals surface area contributed by atoms with Gasteiger partial charge in [-0.15, -0.1) is 0 Å². The van der Waals surface area contributed by atoms with E-state index in [1.807, 2.05) is 0 Å². The van der Waals surface area contributed by atoms with Gasteiger partial charge in [0.25, 0.3) is 0 Å². The Hall–Kier alpha value is -2.00. The smallest absolute Gasteiger partial charge is 0.462 e. The van der Waals surface area contributed by atoms with Crippen molar-refractivity contribution >= 4 is 25.7 Å². The van der Waals surface area contributed by atoms with Gasteiger partial charge in [-0.25, -0.2) is 4.57 Å². The van der Waals surface area contributed by atoms with E-state index in [0.717, 1.165) is 64.2 Å². The summed E-state index contributed by atoms with van der Waals surface area (Å²) < 4.78 is 33.3. The van der Waals surface area contributed by atoms with Gasteiger partial charge in [0.2, 0.25) is 5.91 Å². The Morgan fingerprint density at radius 3 is 1.44 bits per heavy atom. The summed E-state index contributed by atoms with van der Waals surface area (Å²) in [6.07, 6.45) is 39.1. The maximum atomic E-state index is 12.7. The third-order valence-electron chi connectivity index (χ3n) is 9.44. The first-order chi connectivity index (χ1) is 26.7. The molecule has 0 saturated heterocycles. The van der Waals surface area contributed by atoms with E-state index < -0.39 is 32.5 Å². The fourth-order valence-electron chi connectivity index (χ4n) is 5.99. The molecule has 11 heteroatoms. The third kappa shape index (κ3) is 40.0. The number of esters is 2. The molecule has 322 valence electrons. The maximum absolute atomic E-state index is 12.7. The lowest BCUT2D eigenvalue weighted by atomic mass is 10.1. The first kappa shape index (κ1) is 53.0. The second-order valence-electron chi connectivity index (χ2n) is 14.8. The summed E-state index contributed by atoms with van der Waals surface area (Å²) >= 11 is 0. The molecule has 0 aromatic carbocycles. The zero-order valence-corrected chi connectivity index (χ0v) is 36.3. The standard InChI is InChI=1S/C44H82NO9P/c1-4-7-9-11-13-15-17-19-21-23-25-27-29-31-33-35-43(47)51-39-41(40-53-55(49,50)52-38-37-45-42(46)6-3)54-44(48)36-34-32-30-28-26-24-22-20-18-16-14-12-10-8-5-2/h19-22,41H,4-18,23-40H2,1-3H3,(H,45,46)(H,49,50)/b21-19+,22-20+. The first-order valence-corrected chi connectivity index (χ1v) is 23.8. The van der Waals surface area contributed by atoms with Crippen LogP contribution in [0.2, 0.25) is 0 Å². The van der Waals surface area contributed by atoms with Crippen LogP contribution in [0.1, 0.15) is 207 Å². The SMILES string of the molecule is CCCCCCCC/C=C/CCCCCCCC(=O)OCC(COP(=O)(O)OCCNC(=O)CC)OC(=O)CCCCCCC/C=C/CCCCCCCC. The molecule has 0 aliphatic carbocycles. The molecule has 0 rings (SSSR count). The normalized spacial score (nSPS) is 13.3. The van der Waals surface area contributed by atoms with Crippen LogP contribution in [0, 0.1) is 0 Å². The van der Waals surface area contributed by atoms with E-state index in [4.69, 9.17) is 18.5 Å². The highest BCUT2D eigenvalue weighted by Crippen LogP contribution is 2.43. The molecule has 0 aromatic heterocycles. The predicted molar refractivity (Wildman–Crippen MR) is 225 cm³/mol. The summed E-state index contributed by atoms with van der Waals surface area (Å²) in [7, 11) is -4.50. The van der Waals surface area contributed by atoms with Crippen molar-refractivity contribution in [2.45, 2.75) is 213 Å². The number of amides is 1. The minimum absolute atomic E-state index is 0.0446. The molecule has 0 spiro atoms. The predicted octanol–water partition coefficient (Wildman–Crippen LogP) is 12.2. The van der Waals surface area contributed by atoms with Gasteiger partial charge in [0, 0.05) is 25.8 Å².